The molecule has 6 heteroatoms. The Balaban J connectivity index is 1.48. The number of piperazine rings is 1. The van der Waals surface area contributed by atoms with Crippen LogP contribution in [0.3, 0.4) is 0 Å². The van der Waals surface area contributed by atoms with Gasteiger partial charge in [0.1, 0.15) is 11.9 Å². The van der Waals surface area contributed by atoms with Crippen LogP contribution < -0.4 is 10.2 Å². The standard InChI is InChI=1S/C18H22FN3O2/c1-14(17-7-4-12-24-17)20-13-18(23)22-10-8-21(9-11-22)16-6-3-2-5-15(16)19/h2-7,12,14,20H,8-11,13H2,1H3/p+1/t14-/m0/s1. The maximum Gasteiger partial charge on any atom is 0.277 e. The minimum Gasteiger partial charge on any atom is -0.463 e. The number of para-hydroxylation sites is 1. The number of furan rings is 1. The molecule has 1 amide bonds. The Morgan fingerprint density at radius 1 is 1.21 bits per heavy atom. The van der Waals surface area contributed by atoms with Gasteiger partial charge in [0.25, 0.3) is 5.91 Å². The van der Waals surface area contributed by atoms with Crippen LogP contribution in [0.4, 0.5) is 10.1 Å². The lowest BCUT2D eigenvalue weighted by Gasteiger charge is -2.36. The first-order chi connectivity index (χ1) is 11.6. The van der Waals surface area contributed by atoms with Gasteiger partial charge in [-0.15, -0.1) is 0 Å². The van der Waals surface area contributed by atoms with Crippen LogP contribution in [0.2, 0.25) is 0 Å². The summed E-state index contributed by atoms with van der Waals surface area (Å²) < 4.78 is 19.2. The molecule has 0 spiro atoms. The minimum absolute atomic E-state index is 0.113. The van der Waals surface area contributed by atoms with E-state index in [0.29, 0.717) is 38.4 Å². The van der Waals surface area contributed by atoms with Crippen LogP contribution in [0.15, 0.2) is 47.1 Å². The molecule has 1 fully saturated rings. The average Bonchev–Trinajstić information content (AvgIpc) is 3.15. The fraction of sp³-hybridized carbons (Fsp3) is 0.389. The highest BCUT2D eigenvalue weighted by molar-refractivity contribution is 5.77. The third kappa shape index (κ3) is 3.76. The van der Waals surface area contributed by atoms with Gasteiger partial charge in [-0.05, 0) is 31.2 Å². The maximum atomic E-state index is 13.8. The molecule has 128 valence electrons. The van der Waals surface area contributed by atoms with E-state index in [-0.39, 0.29) is 17.8 Å². The summed E-state index contributed by atoms with van der Waals surface area (Å²) in [7, 11) is 0. The molecule has 1 atom stereocenters. The van der Waals surface area contributed by atoms with Gasteiger partial charge >= 0.3 is 0 Å². The van der Waals surface area contributed by atoms with Crippen LogP contribution in [0, 0.1) is 5.82 Å². The van der Waals surface area contributed by atoms with E-state index < -0.39 is 0 Å². The number of benzene rings is 1. The number of halogens is 1. The van der Waals surface area contributed by atoms with Crippen LogP contribution >= 0.6 is 0 Å². The molecule has 1 aliphatic heterocycles. The van der Waals surface area contributed by atoms with Crippen molar-refractivity contribution in [3.63, 3.8) is 0 Å². The molecule has 1 saturated heterocycles. The lowest BCUT2D eigenvalue weighted by Crippen LogP contribution is -2.87. The van der Waals surface area contributed by atoms with E-state index in [2.05, 4.69) is 0 Å². The molecule has 0 bridgehead atoms. The lowest BCUT2D eigenvalue weighted by atomic mass is 10.2. The van der Waals surface area contributed by atoms with Crippen LogP contribution in [0.5, 0.6) is 0 Å². The second-order valence-electron chi connectivity index (χ2n) is 6.06. The molecule has 1 aromatic heterocycles. The van der Waals surface area contributed by atoms with Gasteiger partial charge in [-0.2, -0.15) is 0 Å². The lowest BCUT2D eigenvalue weighted by molar-refractivity contribution is -0.685. The highest BCUT2D eigenvalue weighted by Crippen LogP contribution is 2.20. The van der Waals surface area contributed by atoms with Crippen LogP contribution in [0.1, 0.15) is 18.7 Å². The number of anilines is 1. The van der Waals surface area contributed by atoms with Crippen molar-refractivity contribution in [2.75, 3.05) is 37.6 Å². The van der Waals surface area contributed by atoms with Crippen molar-refractivity contribution in [3.05, 3.63) is 54.2 Å². The van der Waals surface area contributed by atoms with Crippen LogP contribution in [0.25, 0.3) is 0 Å². The Bertz CT molecular complexity index is 667. The first kappa shape index (κ1) is 16.5. The summed E-state index contributed by atoms with van der Waals surface area (Å²) in [5.74, 6) is 0.770. The Labute approximate surface area is 141 Å². The van der Waals surface area contributed by atoms with Crippen molar-refractivity contribution in [1.29, 1.82) is 0 Å². The normalized spacial score (nSPS) is 16.2. The van der Waals surface area contributed by atoms with Crippen molar-refractivity contribution < 1.29 is 18.9 Å². The predicted octanol–water partition coefficient (Wildman–Crippen LogP) is 1.39. The number of rotatable bonds is 5. The van der Waals surface area contributed by atoms with E-state index in [4.69, 9.17) is 4.42 Å². The van der Waals surface area contributed by atoms with Gasteiger partial charge in [0, 0.05) is 26.2 Å². The van der Waals surface area contributed by atoms with Gasteiger partial charge in [0.15, 0.2) is 12.3 Å². The fourth-order valence-electron chi connectivity index (χ4n) is 2.98. The van der Waals surface area contributed by atoms with E-state index in [0.717, 1.165) is 5.76 Å². The van der Waals surface area contributed by atoms with Crippen molar-refractivity contribution >= 4 is 11.6 Å². The van der Waals surface area contributed by atoms with Gasteiger partial charge in [0.05, 0.1) is 12.0 Å². The zero-order valence-corrected chi connectivity index (χ0v) is 13.8. The van der Waals surface area contributed by atoms with Crippen molar-refractivity contribution in [2.24, 2.45) is 0 Å². The highest BCUT2D eigenvalue weighted by Gasteiger charge is 2.24. The molecule has 5 nitrogen and oxygen atoms in total. The third-order valence-corrected chi connectivity index (χ3v) is 4.46. The Morgan fingerprint density at radius 2 is 1.96 bits per heavy atom. The Kier molecular flexibility index (Phi) is 5.15. The first-order valence-electron chi connectivity index (χ1n) is 8.29. The zero-order valence-electron chi connectivity index (χ0n) is 13.8. The maximum absolute atomic E-state index is 13.8. The number of hydrogen-bond acceptors (Lipinski definition) is 3. The van der Waals surface area contributed by atoms with Crippen molar-refractivity contribution in [3.8, 4) is 0 Å². The summed E-state index contributed by atoms with van der Waals surface area (Å²) in [5, 5.41) is 1.98. The molecule has 1 aliphatic rings. The molecular formula is C18H23FN3O2+. The van der Waals surface area contributed by atoms with E-state index in [9.17, 15) is 9.18 Å². The predicted molar refractivity (Wildman–Crippen MR) is 89.1 cm³/mol. The van der Waals surface area contributed by atoms with Gasteiger partial charge in [-0.25, -0.2) is 4.39 Å². The Morgan fingerprint density at radius 3 is 2.62 bits per heavy atom. The summed E-state index contributed by atoms with van der Waals surface area (Å²) in [4.78, 5) is 16.2. The summed E-state index contributed by atoms with van der Waals surface area (Å²) in [5.41, 5.74) is 0.614. The van der Waals surface area contributed by atoms with Gasteiger partial charge in [-0.3, -0.25) is 4.79 Å². The number of carbonyl (C=O) groups is 1. The number of nitrogens with zero attached hydrogens (tertiary/aromatic N) is 2. The number of nitrogens with two attached hydrogens (primary N) is 1. The molecule has 0 unspecified atom stereocenters. The number of carbonyl (C=O) groups excluding carboxylic acids is 1. The SMILES string of the molecule is C[C@H]([NH2+]CC(=O)N1CCN(c2ccccc2F)CC1)c1ccco1. The monoisotopic (exact) mass is 332 g/mol. The molecule has 1 aromatic carbocycles. The molecule has 2 N–H and O–H groups in total. The van der Waals surface area contributed by atoms with Crippen LogP contribution in [-0.4, -0.2) is 43.5 Å². The summed E-state index contributed by atoms with van der Waals surface area (Å²) >= 11 is 0. The van der Waals surface area contributed by atoms with Gasteiger partial charge in [0.2, 0.25) is 0 Å². The number of hydrogen-bond donors (Lipinski definition) is 1. The molecule has 2 aromatic rings. The second kappa shape index (κ2) is 7.49. The van der Waals surface area contributed by atoms with E-state index in [1.165, 1.54) is 6.07 Å². The smallest absolute Gasteiger partial charge is 0.277 e. The highest BCUT2D eigenvalue weighted by atomic mass is 19.1. The van der Waals surface area contributed by atoms with Crippen LogP contribution in [-0.2, 0) is 4.79 Å². The quantitative estimate of drug-likeness (QED) is 0.900. The largest absolute Gasteiger partial charge is 0.463 e. The van der Waals surface area contributed by atoms with E-state index in [1.54, 1.807) is 18.4 Å². The third-order valence-electron chi connectivity index (χ3n) is 4.46. The summed E-state index contributed by atoms with van der Waals surface area (Å²) in [6, 6.07) is 10.7. The number of amides is 1. The molecule has 24 heavy (non-hydrogen) atoms. The second-order valence-corrected chi connectivity index (χ2v) is 6.06. The topological polar surface area (TPSA) is 53.3 Å². The van der Waals surface area contributed by atoms with Crippen molar-refractivity contribution in [2.45, 2.75) is 13.0 Å². The zero-order chi connectivity index (χ0) is 16.9. The molecule has 2 heterocycles. The Hall–Kier alpha value is -2.34. The molecule has 0 saturated carbocycles. The molecule has 3 rings (SSSR count). The van der Waals surface area contributed by atoms with E-state index in [1.807, 2.05) is 40.2 Å². The number of quaternary nitrogens is 1. The fourth-order valence-corrected chi connectivity index (χ4v) is 2.98. The van der Waals surface area contributed by atoms with Crippen molar-refractivity contribution in [1.82, 2.24) is 4.90 Å². The molecule has 0 aliphatic carbocycles. The molecular weight excluding hydrogens is 309 g/mol. The van der Waals surface area contributed by atoms with Gasteiger partial charge < -0.3 is 19.5 Å². The minimum atomic E-state index is -0.210. The first-order valence-corrected chi connectivity index (χ1v) is 8.29. The summed E-state index contributed by atoms with van der Waals surface area (Å²) in [6.45, 7) is 4.96. The van der Waals surface area contributed by atoms with Gasteiger partial charge in [-0.1, -0.05) is 12.1 Å². The van der Waals surface area contributed by atoms with E-state index >= 15 is 0 Å². The molecule has 0 radical (unpaired) electrons. The average molecular weight is 332 g/mol. The summed E-state index contributed by atoms with van der Waals surface area (Å²) in [6.07, 6.45) is 1.64.